The first-order valence-corrected chi connectivity index (χ1v) is 7.06. The van der Waals surface area contributed by atoms with E-state index < -0.39 is 29.6 Å². The van der Waals surface area contributed by atoms with Gasteiger partial charge in [-0.3, -0.25) is 4.79 Å². The van der Waals surface area contributed by atoms with E-state index >= 15 is 0 Å². The van der Waals surface area contributed by atoms with Crippen LogP contribution in [0.15, 0.2) is 0 Å². The molecule has 0 saturated heterocycles. The topological polar surface area (TPSA) is 105 Å². The Bertz CT molecular complexity index is 376. The SMILES string of the molecule is CCC(C)NC(=O)N[C@H](CCC(=O)OC(C)(C)C)C(=O)O. The molecule has 2 amide bonds. The van der Waals surface area contributed by atoms with Crippen LogP contribution in [0.3, 0.4) is 0 Å². The number of ether oxygens (including phenoxy) is 1. The summed E-state index contributed by atoms with van der Waals surface area (Å²) in [6, 6.07) is -1.73. The van der Waals surface area contributed by atoms with Gasteiger partial charge >= 0.3 is 18.0 Å². The second-order valence-corrected chi connectivity index (χ2v) is 5.94. The molecule has 3 N–H and O–H groups in total. The smallest absolute Gasteiger partial charge is 0.326 e. The zero-order valence-corrected chi connectivity index (χ0v) is 13.4. The van der Waals surface area contributed by atoms with Gasteiger partial charge in [0, 0.05) is 12.5 Å². The van der Waals surface area contributed by atoms with Crippen LogP contribution in [0.1, 0.15) is 53.9 Å². The van der Waals surface area contributed by atoms with Crippen LogP contribution in [0.25, 0.3) is 0 Å². The highest BCUT2D eigenvalue weighted by Crippen LogP contribution is 2.10. The molecule has 0 saturated carbocycles. The Morgan fingerprint density at radius 1 is 1.19 bits per heavy atom. The van der Waals surface area contributed by atoms with Gasteiger partial charge in [0.1, 0.15) is 11.6 Å². The molecule has 0 aromatic carbocycles. The number of urea groups is 1. The van der Waals surface area contributed by atoms with Crippen molar-refractivity contribution in [1.29, 1.82) is 0 Å². The van der Waals surface area contributed by atoms with Crippen molar-refractivity contribution in [2.45, 2.75) is 71.6 Å². The van der Waals surface area contributed by atoms with Crippen LogP contribution < -0.4 is 10.6 Å². The Labute approximate surface area is 125 Å². The highest BCUT2D eigenvalue weighted by atomic mass is 16.6. The minimum Gasteiger partial charge on any atom is -0.480 e. The van der Waals surface area contributed by atoms with Gasteiger partial charge in [0.15, 0.2) is 0 Å². The first-order valence-electron chi connectivity index (χ1n) is 7.06. The largest absolute Gasteiger partial charge is 0.480 e. The van der Waals surface area contributed by atoms with Gasteiger partial charge in [-0.15, -0.1) is 0 Å². The molecule has 7 heteroatoms. The number of carbonyl (C=O) groups is 3. The van der Waals surface area contributed by atoms with Gasteiger partial charge in [-0.05, 0) is 40.5 Å². The maximum Gasteiger partial charge on any atom is 0.326 e. The van der Waals surface area contributed by atoms with Gasteiger partial charge in [-0.1, -0.05) is 6.92 Å². The molecule has 0 spiro atoms. The third-order valence-electron chi connectivity index (χ3n) is 2.65. The van der Waals surface area contributed by atoms with E-state index in [0.717, 1.165) is 6.42 Å². The van der Waals surface area contributed by atoms with Crippen molar-refractivity contribution < 1.29 is 24.2 Å². The molecule has 0 aliphatic rings. The maximum absolute atomic E-state index is 11.6. The first kappa shape index (κ1) is 19.2. The molecule has 21 heavy (non-hydrogen) atoms. The number of carboxylic acids is 1. The lowest BCUT2D eigenvalue weighted by Gasteiger charge is -2.21. The fourth-order valence-electron chi connectivity index (χ4n) is 1.44. The standard InChI is InChI=1S/C14H26N2O5/c1-6-9(2)15-13(20)16-10(12(18)19)7-8-11(17)21-14(3,4)5/h9-10H,6-8H2,1-5H3,(H,18,19)(H2,15,16,20)/t9?,10-/m1/s1. The van der Waals surface area contributed by atoms with E-state index in [0.29, 0.717) is 0 Å². The van der Waals surface area contributed by atoms with Crippen LogP contribution in [0.4, 0.5) is 4.79 Å². The monoisotopic (exact) mass is 302 g/mol. The number of hydrogen-bond donors (Lipinski definition) is 3. The second kappa shape index (κ2) is 8.49. The van der Waals surface area contributed by atoms with Gasteiger partial charge in [0.2, 0.25) is 0 Å². The Morgan fingerprint density at radius 3 is 2.19 bits per heavy atom. The summed E-state index contributed by atoms with van der Waals surface area (Å²) in [4.78, 5) is 34.2. The van der Waals surface area contributed by atoms with Crippen molar-refractivity contribution in [3.8, 4) is 0 Å². The highest BCUT2D eigenvalue weighted by Gasteiger charge is 2.23. The van der Waals surface area contributed by atoms with Crippen LogP contribution >= 0.6 is 0 Å². The minimum atomic E-state index is -1.18. The van der Waals surface area contributed by atoms with Gasteiger partial charge < -0.3 is 20.5 Å². The molecule has 0 bridgehead atoms. The third-order valence-corrected chi connectivity index (χ3v) is 2.65. The van der Waals surface area contributed by atoms with Gasteiger partial charge in [0.05, 0.1) is 0 Å². The minimum absolute atomic E-state index is 0.0157. The highest BCUT2D eigenvalue weighted by molar-refractivity contribution is 5.83. The summed E-state index contributed by atoms with van der Waals surface area (Å²) in [5.41, 5.74) is -0.614. The van der Waals surface area contributed by atoms with Crippen LogP contribution in [-0.2, 0) is 14.3 Å². The number of hydrogen-bond acceptors (Lipinski definition) is 4. The predicted octanol–water partition coefficient (Wildman–Crippen LogP) is 1.66. The molecule has 1 unspecified atom stereocenters. The van der Waals surface area contributed by atoms with E-state index in [1.54, 1.807) is 20.8 Å². The molecule has 0 aliphatic carbocycles. The summed E-state index contributed by atoms with van der Waals surface area (Å²) >= 11 is 0. The van der Waals surface area contributed by atoms with Crippen molar-refractivity contribution in [1.82, 2.24) is 10.6 Å². The van der Waals surface area contributed by atoms with E-state index in [2.05, 4.69) is 10.6 Å². The van der Waals surface area contributed by atoms with Gasteiger partial charge in [-0.2, -0.15) is 0 Å². The number of carboxylic acid groups (broad SMARTS) is 1. The molecule has 0 radical (unpaired) electrons. The molecule has 0 fully saturated rings. The number of aliphatic carboxylic acids is 1. The first-order chi connectivity index (χ1) is 9.55. The second-order valence-electron chi connectivity index (χ2n) is 5.94. The molecule has 0 heterocycles. The average molecular weight is 302 g/mol. The van der Waals surface area contributed by atoms with Crippen molar-refractivity contribution in [2.75, 3.05) is 0 Å². The fourth-order valence-corrected chi connectivity index (χ4v) is 1.44. The molecule has 7 nitrogen and oxygen atoms in total. The third kappa shape index (κ3) is 9.70. The summed E-state index contributed by atoms with van der Waals surface area (Å²) in [5, 5.41) is 14.0. The van der Waals surface area contributed by atoms with E-state index in [4.69, 9.17) is 9.84 Å². The lowest BCUT2D eigenvalue weighted by Crippen LogP contribution is -2.48. The van der Waals surface area contributed by atoms with Crippen LogP contribution in [0, 0.1) is 0 Å². The van der Waals surface area contributed by atoms with Crippen molar-refractivity contribution in [2.24, 2.45) is 0 Å². The summed E-state index contributed by atoms with van der Waals surface area (Å²) < 4.78 is 5.09. The molecule has 2 atom stereocenters. The molecule has 122 valence electrons. The Morgan fingerprint density at radius 2 is 1.76 bits per heavy atom. The van der Waals surface area contributed by atoms with Crippen LogP contribution in [0.5, 0.6) is 0 Å². The Hall–Kier alpha value is -1.79. The molecule has 0 rings (SSSR count). The summed E-state index contributed by atoms with van der Waals surface area (Å²) in [6.07, 6.45) is 0.652. The van der Waals surface area contributed by atoms with Crippen LogP contribution in [-0.4, -0.2) is 40.8 Å². The quantitative estimate of drug-likeness (QED) is 0.620. The number of carbonyl (C=O) groups excluding carboxylic acids is 2. The van der Waals surface area contributed by atoms with Crippen molar-refractivity contribution >= 4 is 18.0 Å². The van der Waals surface area contributed by atoms with E-state index in [1.165, 1.54) is 0 Å². The number of nitrogens with one attached hydrogen (secondary N) is 2. The Balaban J connectivity index is 4.35. The fraction of sp³-hybridized carbons (Fsp3) is 0.786. The van der Waals surface area contributed by atoms with Gasteiger partial charge in [0.25, 0.3) is 0 Å². The zero-order valence-electron chi connectivity index (χ0n) is 13.4. The van der Waals surface area contributed by atoms with Crippen molar-refractivity contribution in [3.05, 3.63) is 0 Å². The number of amides is 2. The molecule has 0 aliphatic heterocycles. The summed E-state index contributed by atoms with van der Waals surface area (Å²) in [7, 11) is 0. The average Bonchev–Trinajstić information content (AvgIpc) is 2.31. The lowest BCUT2D eigenvalue weighted by molar-refractivity contribution is -0.155. The molecule has 0 aromatic heterocycles. The normalized spacial score (nSPS) is 14.0. The Kier molecular flexibility index (Phi) is 7.76. The lowest BCUT2D eigenvalue weighted by atomic mass is 10.1. The maximum atomic E-state index is 11.6. The predicted molar refractivity (Wildman–Crippen MR) is 77.9 cm³/mol. The number of rotatable bonds is 7. The van der Waals surface area contributed by atoms with Crippen molar-refractivity contribution in [3.63, 3.8) is 0 Å². The zero-order chi connectivity index (χ0) is 16.6. The van der Waals surface area contributed by atoms with E-state index in [9.17, 15) is 14.4 Å². The van der Waals surface area contributed by atoms with E-state index in [1.807, 2.05) is 13.8 Å². The summed E-state index contributed by atoms with van der Waals surface area (Å²) in [6.45, 7) is 8.92. The molecule has 0 aromatic rings. The molecular weight excluding hydrogens is 276 g/mol. The van der Waals surface area contributed by atoms with Crippen LogP contribution in [0.2, 0.25) is 0 Å². The summed E-state index contributed by atoms with van der Waals surface area (Å²) in [5.74, 6) is -1.67. The van der Waals surface area contributed by atoms with E-state index in [-0.39, 0.29) is 18.9 Å². The molecular formula is C14H26N2O5. The van der Waals surface area contributed by atoms with Gasteiger partial charge in [-0.25, -0.2) is 9.59 Å². The number of esters is 1.